The van der Waals surface area contributed by atoms with Crippen LogP contribution in [-0.4, -0.2) is 41.2 Å². The molecule has 1 saturated heterocycles. The number of rotatable bonds is 5. The van der Waals surface area contributed by atoms with E-state index in [1.54, 1.807) is 0 Å². The van der Waals surface area contributed by atoms with Crippen molar-refractivity contribution >= 4 is 11.9 Å². The molecule has 0 aromatic carbocycles. The zero-order valence-corrected chi connectivity index (χ0v) is 12.2. The Bertz CT molecular complexity index is 530. The van der Waals surface area contributed by atoms with Crippen molar-refractivity contribution in [3.05, 3.63) is 29.6 Å². The molecule has 6 nitrogen and oxygen atoms in total. The summed E-state index contributed by atoms with van der Waals surface area (Å²) in [6.45, 7) is 5.47. The number of aromatic carboxylic acids is 1. The predicted molar refractivity (Wildman–Crippen MR) is 76.2 cm³/mol. The van der Waals surface area contributed by atoms with Gasteiger partial charge in [0.1, 0.15) is 5.69 Å². The highest BCUT2D eigenvalue weighted by atomic mass is 16.5. The maximum absolute atomic E-state index is 12.1. The maximum atomic E-state index is 12.1. The second kappa shape index (κ2) is 6.67. The summed E-state index contributed by atoms with van der Waals surface area (Å²) in [7, 11) is 0. The molecule has 114 valence electrons. The van der Waals surface area contributed by atoms with E-state index in [2.05, 4.69) is 24.1 Å². The summed E-state index contributed by atoms with van der Waals surface area (Å²) in [6, 6.07) is 2.79. The number of hydrogen-bond donors (Lipinski definition) is 2. The molecule has 1 aromatic rings. The summed E-state index contributed by atoms with van der Waals surface area (Å²) in [5, 5.41) is 11.7. The van der Waals surface area contributed by atoms with E-state index in [4.69, 9.17) is 9.84 Å². The molecule has 1 fully saturated rings. The maximum Gasteiger partial charge on any atom is 0.354 e. The van der Waals surface area contributed by atoms with Gasteiger partial charge in [0, 0.05) is 30.8 Å². The molecule has 1 amide bonds. The van der Waals surface area contributed by atoms with Crippen LogP contribution in [0.5, 0.6) is 0 Å². The standard InChI is InChI=1S/C15H20N2O4/c1-9(2)13-11(4-6-21-13)8-17-14(18)10-3-5-16-12(7-10)15(19)20/h3,5,7,9,11,13H,4,6,8H2,1-2H3,(H,17,18)(H,19,20). The Hall–Kier alpha value is -1.95. The van der Waals surface area contributed by atoms with Gasteiger partial charge in [-0.05, 0) is 24.5 Å². The quantitative estimate of drug-likeness (QED) is 0.860. The smallest absolute Gasteiger partial charge is 0.354 e. The molecule has 6 heteroatoms. The first kappa shape index (κ1) is 15.4. The highest BCUT2D eigenvalue weighted by Crippen LogP contribution is 2.26. The fourth-order valence-electron chi connectivity index (χ4n) is 2.63. The number of aromatic nitrogens is 1. The van der Waals surface area contributed by atoms with Gasteiger partial charge in [-0.1, -0.05) is 13.8 Å². The monoisotopic (exact) mass is 292 g/mol. The Balaban J connectivity index is 1.96. The van der Waals surface area contributed by atoms with Crippen molar-refractivity contribution in [2.45, 2.75) is 26.4 Å². The summed E-state index contributed by atoms with van der Waals surface area (Å²) in [6.07, 6.45) is 2.42. The van der Waals surface area contributed by atoms with Gasteiger partial charge in [-0.3, -0.25) is 4.79 Å². The zero-order valence-electron chi connectivity index (χ0n) is 12.2. The molecule has 2 rings (SSSR count). The van der Waals surface area contributed by atoms with Crippen molar-refractivity contribution in [1.82, 2.24) is 10.3 Å². The number of ether oxygens (including phenoxy) is 1. The molecule has 1 aliphatic rings. The fourth-order valence-corrected chi connectivity index (χ4v) is 2.63. The van der Waals surface area contributed by atoms with Gasteiger partial charge in [0.15, 0.2) is 0 Å². The lowest BCUT2D eigenvalue weighted by molar-refractivity contribution is 0.0533. The van der Waals surface area contributed by atoms with Crippen LogP contribution in [0.4, 0.5) is 0 Å². The fraction of sp³-hybridized carbons (Fsp3) is 0.533. The second-order valence-electron chi connectivity index (χ2n) is 5.57. The first-order valence-corrected chi connectivity index (χ1v) is 7.08. The van der Waals surface area contributed by atoms with Crippen molar-refractivity contribution in [2.75, 3.05) is 13.2 Å². The number of hydrogen-bond acceptors (Lipinski definition) is 4. The van der Waals surface area contributed by atoms with Crippen LogP contribution in [-0.2, 0) is 4.74 Å². The van der Waals surface area contributed by atoms with E-state index in [0.717, 1.165) is 13.0 Å². The van der Waals surface area contributed by atoms with Crippen LogP contribution in [0.25, 0.3) is 0 Å². The van der Waals surface area contributed by atoms with Gasteiger partial charge >= 0.3 is 5.97 Å². The molecule has 0 aliphatic carbocycles. The molecule has 0 spiro atoms. The number of carboxylic acids is 1. The topological polar surface area (TPSA) is 88.5 Å². The minimum Gasteiger partial charge on any atom is -0.477 e. The van der Waals surface area contributed by atoms with Crippen LogP contribution in [0.3, 0.4) is 0 Å². The zero-order chi connectivity index (χ0) is 15.4. The highest BCUT2D eigenvalue weighted by Gasteiger charge is 2.30. The Morgan fingerprint density at radius 1 is 1.52 bits per heavy atom. The Morgan fingerprint density at radius 3 is 2.95 bits per heavy atom. The highest BCUT2D eigenvalue weighted by molar-refractivity contribution is 5.96. The average Bonchev–Trinajstić information content (AvgIpc) is 2.93. The van der Waals surface area contributed by atoms with Gasteiger partial charge in [0.25, 0.3) is 5.91 Å². The third kappa shape index (κ3) is 3.78. The Kier molecular flexibility index (Phi) is 4.90. The van der Waals surface area contributed by atoms with E-state index >= 15 is 0 Å². The van der Waals surface area contributed by atoms with Gasteiger partial charge in [0.05, 0.1) is 6.10 Å². The van der Waals surface area contributed by atoms with Crippen LogP contribution >= 0.6 is 0 Å². The molecule has 1 aliphatic heterocycles. The molecule has 1 aromatic heterocycles. The van der Waals surface area contributed by atoms with Crippen molar-refractivity contribution in [2.24, 2.45) is 11.8 Å². The Labute approximate surface area is 123 Å². The number of pyridine rings is 1. The molecular weight excluding hydrogens is 272 g/mol. The molecule has 2 atom stereocenters. The van der Waals surface area contributed by atoms with E-state index in [1.165, 1.54) is 18.3 Å². The third-order valence-corrected chi connectivity index (χ3v) is 3.69. The second-order valence-corrected chi connectivity index (χ2v) is 5.57. The minimum absolute atomic E-state index is 0.132. The van der Waals surface area contributed by atoms with Gasteiger partial charge < -0.3 is 15.2 Å². The van der Waals surface area contributed by atoms with Crippen molar-refractivity contribution in [3.63, 3.8) is 0 Å². The van der Waals surface area contributed by atoms with Crippen LogP contribution in [0.2, 0.25) is 0 Å². The first-order chi connectivity index (χ1) is 9.99. The van der Waals surface area contributed by atoms with Crippen molar-refractivity contribution < 1.29 is 19.4 Å². The first-order valence-electron chi connectivity index (χ1n) is 7.08. The Morgan fingerprint density at radius 2 is 2.29 bits per heavy atom. The number of carboxylic acid groups (broad SMARTS) is 1. The van der Waals surface area contributed by atoms with E-state index in [-0.39, 0.29) is 17.7 Å². The molecule has 21 heavy (non-hydrogen) atoms. The summed E-state index contributed by atoms with van der Waals surface area (Å²) in [4.78, 5) is 26.6. The number of carbonyl (C=O) groups excluding carboxylic acids is 1. The summed E-state index contributed by atoms with van der Waals surface area (Å²) in [5.74, 6) is -0.716. The van der Waals surface area contributed by atoms with Crippen LogP contribution in [0.1, 0.15) is 41.1 Å². The van der Waals surface area contributed by atoms with Gasteiger partial charge in [0.2, 0.25) is 0 Å². The van der Waals surface area contributed by atoms with Gasteiger partial charge in [-0.2, -0.15) is 0 Å². The van der Waals surface area contributed by atoms with Crippen molar-refractivity contribution in [3.8, 4) is 0 Å². The van der Waals surface area contributed by atoms with Crippen molar-refractivity contribution in [1.29, 1.82) is 0 Å². The van der Waals surface area contributed by atoms with Crippen LogP contribution < -0.4 is 5.32 Å². The summed E-state index contributed by atoms with van der Waals surface area (Å²) >= 11 is 0. The largest absolute Gasteiger partial charge is 0.477 e. The predicted octanol–water partition coefficient (Wildman–Crippen LogP) is 1.57. The minimum atomic E-state index is -1.14. The average molecular weight is 292 g/mol. The molecule has 2 unspecified atom stereocenters. The van der Waals surface area contributed by atoms with Gasteiger partial charge in [-0.15, -0.1) is 0 Å². The lowest BCUT2D eigenvalue weighted by Crippen LogP contribution is -2.35. The molecule has 0 radical (unpaired) electrons. The van der Waals surface area contributed by atoms with E-state index < -0.39 is 5.97 Å². The van der Waals surface area contributed by atoms with E-state index in [9.17, 15) is 9.59 Å². The lowest BCUT2D eigenvalue weighted by Gasteiger charge is -2.22. The molecule has 2 N–H and O–H groups in total. The van der Waals surface area contributed by atoms with Gasteiger partial charge in [-0.25, -0.2) is 9.78 Å². The molecule has 0 bridgehead atoms. The van der Waals surface area contributed by atoms with E-state index in [0.29, 0.717) is 23.9 Å². The third-order valence-electron chi connectivity index (χ3n) is 3.69. The summed E-state index contributed by atoms with van der Waals surface area (Å²) < 4.78 is 5.68. The molecular formula is C15H20N2O4. The number of nitrogens with zero attached hydrogens (tertiary/aromatic N) is 1. The number of carbonyl (C=O) groups is 2. The SMILES string of the molecule is CC(C)C1OCCC1CNC(=O)c1ccnc(C(=O)O)c1. The summed E-state index contributed by atoms with van der Waals surface area (Å²) in [5.41, 5.74) is 0.175. The molecule has 0 saturated carbocycles. The van der Waals surface area contributed by atoms with Crippen LogP contribution in [0, 0.1) is 11.8 Å². The number of amides is 1. The molecule has 2 heterocycles. The van der Waals surface area contributed by atoms with Crippen LogP contribution in [0.15, 0.2) is 18.3 Å². The lowest BCUT2D eigenvalue weighted by atomic mass is 9.93. The number of nitrogens with one attached hydrogen (secondary N) is 1. The normalized spacial score (nSPS) is 21.5. The van der Waals surface area contributed by atoms with E-state index in [1.807, 2.05) is 0 Å².